The van der Waals surface area contributed by atoms with Gasteiger partial charge in [0.2, 0.25) is 0 Å². The molecule has 0 aliphatic carbocycles. The van der Waals surface area contributed by atoms with Crippen LogP contribution in [-0.2, 0) is 0 Å². The summed E-state index contributed by atoms with van der Waals surface area (Å²) in [7, 11) is 0. The molecule has 0 saturated carbocycles. The van der Waals surface area contributed by atoms with Crippen molar-refractivity contribution in [1.29, 1.82) is 0 Å². The molecule has 0 unspecified atom stereocenters. The Morgan fingerprint density at radius 1 is 1.21 bits per heavy atom. The highest BCUT2D eigenvalue weighted by molar-refractivity contribution is 7.17. The number of nitrogens with zero attached hydrogens (tertiary/aromatic N) is 1. The van der Waals surface area contributed by atoms with Crippen LogP contribution in [0.15, 0.2) is 52.6 Å². The van der Waals surface area contributed by atoms with Crippen LogP contribution in [0.25, 0.3) is 15.8 Å². The summed E-state index contributed by atoms with van der Waals surface area (Å²) in [6.07, 6.45) is 0. The van der Waals surface area contributed by atoms with E-state index in [2.05, 4.69) is 0 Å². The SMILES string of the molecule is C[C@H](N)c1cc2ccsc2c(=O)n1-c1ccccc1. The molecule has 0 fully saturated rings. The molecular formula is C15H14N2OS. The smallest absolute Gasteiger partial charge is 0.273 e. The summed E-state index contributed by atoms with van der Waals surface area (Å²) in [5.74, 6) is 0. The van der Waals surface area contributed by atoms with Crippen LogP contribution in [0.3, 0.4) is 0 Å². The van der Waals surface area contributed by atoms with Crippen molar-refractivity contribution in [2.45, 2.75) is 13.0 Å². The van der Waals surface area contributed by atoms with Gasteiger partial charge in [-0.15, -0.1) is 11.3 Å². The van der Waals surface area contributed by atoms with Crippen LogP contribution in [0.5, 0.6) is 0 Å². The van der Waals surface area contributed by atoms with Crippen LogP contribution in [0.2, 0.25) is 0 Å². The summed E-state index contributed by atoms with van der Waals surface area (Å²) in [6.45, 7) is 1.90. The van der Waals surface area contributed by atoms with Crippen molar-refractivity contribution >= 4 is 21.4 Å². The summed E-state index contributed by atoms with van der Waals surface area (Å²) >= 11 is 1.47. The minimum atomic E-state index is -0.197. The van der Waals surface area contributed by atoms with E-state index in [0.717, 1.165) is 21.5 Å². The number of aromatic nitrogens is 1. The van der Waals surface area contributed by atoms with Crippen LogP contribution in [0, 0.1) is 0 Å². The predicted molar refractivity (Wildman–Crippen MR) is 80.0 cm³/mol. The molecule has 0 bridgehead atoms. The van der Waals surface area contributed by atoms with Crippen LogP contribution >= 0.6 is 11.3 Å². The fraction of sp³-hybridized carbons (Fsp3) is 0.133. The van der Waals surface area contributed by atoms with E-state index in [-0.39, 0.29) is 11.6 Å². The van der Waals surface area contributed by atoms with Gasteiger partial charge in [0.1, 0.15) is 4.70 Å². The molecule has 0 saturated heterocycles. The molecule has 3 nitrogen and oxygen atoms in total. The lowest BCUT2D eigenvalue weighted by Gasteiger charge is -2.16. The highest BCUT2D eigenvalue weighted by atomic mass is 32.1. The Morgan fingerprint density at radius 3 is 2.63 bits per heavy atom. The van der Waals surface area contributed by atoms with Crippen molar-refractivity contribution in [3.05, 3.63) is 63.9 Å². The molecule has 0 radical (unpaired) electrons. The molecule has 3 rings (SSSR count). The summed E-state index contributed by atoms with van der Waals surface area (Å²) in [5, 5.41) is 2.90. The molecule has 2 N–H and O–H groups in total. The minimum Gasteiger partial charge on any atom is -0.323 e. The molecule has 3 aromatic rings. The fourth-order valence-corrected chi connectivity index (χ4v) is 3.03. The molecule has 0 aliphatic heterocycles. The monoisotopic (exact) mass is 270 g/mol. The number of hydrogen-bond donors (Lipinski definition) is 1. The van der Waals surface area contributed by atoms with Crippen molar-refractivity contribution in [2.75, 3.05) is 0 Å². The zero-order chi connectivity index (χ0) is 13.4. The molecule has 0 amide bonds. The van der Waals surface area contributed by atoms with Crippen molar-refractivity contribution < 1.29 is 0 Å². The molecule has 2 aromatic heterocycles. The van der Waals surface area contributed by atoms with Gasteiger partial charge >= 0.3 is 0 Å². The van der Waals surface area contributed by atoms with Crippen molar-refractivity contribution in [1.82, 2.24) is 4.57 Å². The Hall–Kier alpha value is -1.91. The lowest BCUT2D eigenvalue weighted by Crippen LogP contribution is -2.24. The topological polar surface area (TPSA) is 48.0 Å². The zero-order valence-electron chi connectivity index (χ0n) is 10.5. The second-order valence-corrected chi connectivity index (χ2v) is 5.46. The van der Waals surface area contributed by atoms with Gasteiger partial charge in [0, 0.05) is 17.4 Å². The Kier molecular flexibility index (Phi) is 2.97. The molecule has 19 heavy (non-hydrogen) atoms. The molecule has 1 atom stereocenters. The lowest BCUT2D eigenvalue weighted by molar-refractivity contribution is 0.735. The summed E-state index contributed by atoms with van der Waals surface area (Å²) < 4.78 is 2.48. The van der Waals surface area contributed by atoms with Crippen LogP contribution < -0.4 is 11.3 Å². The van der Waals surface area contributed by atoms with E-state index in [1.165, 1.54) is 11.3 Å². The Morgan fingerprint density at radius 2 is 1.95 bits per heavy atom. The largest absolute Gasteiger partial charge is 0.323 e. The third kappa shape index (κ3) is 1.99. The molecule has 0 aliphatic rings. The van der Waals surface area contributed by atoms with Crippen LogP contribution in [0.1, 0.15) is 18.7 Å². The summed E-state index contributed by atoms with van der Waals surface area (Å²) in [5.41, 5.74) is 7.72. The van der Waals surface area contributed by atoms with Gasteiger partial charge in [-0.2, -0.15) is 0 Å². The van der Waals surface area contributed by atoms with Gasteiger partial charge in [-0.05, 0) is 42.0 Å². The number of pyridine rings is 1. The average molecular weight is 270 g/mol. The van der Waals surface area contributed by atoms with E-state index in [4.69, 9.17) is 5.73 Å². The average Bonchev–Trinajstić information content (AvgIpc) is 2.88. The molecular weight excluding hydrogens is 256 g/mol. The number of benzene rings is 1. The fourth-order valence-electron chi connectivity index (χ4n) is 2.23. The van der Waals surface area contributed by atoms with Gasteiger partial charge in [0.05, 0.1) is 0 Å². The highest BCUT2D eigenvalue weighted by Crippen LogP contribution is 2.22. The number of fused-ring (bicyclic) bond motifs is 1. The van der Waals surface area contributed by atoms with Crippen molar-refractivity contribution in [3.63, 3.8) is 0 Å². The number of nitrogens with two attached hydrogens (primary N) is 1. The molecule has 96 valence electrons. The maximum Gasteiger partial charge on any atom is 0.273 e. The predicted octanol–water partition coefficient (Wildman–Crippen LogP) is 3.07. The lowest BCUT2D eigenvalue weighted by atomic mass is 10.1. The Labute approximate surface area is 114 Å². The van der Waals surface area contributed by atoms with Gasteiger partial charge in [-0.1, -0.05) is 18.2 Å². The normalized spacial score (nSPS) is 12.7. The van der Waals surface area contributed by atoms with Gasteiger partial charge < -0.3 is 5.73 Å². The van der Waals surface area contributed by atoms with E-state index in [1.54, 1.807) is 4.57 Å². The number of rotatable bonds is 2. The van der Waals surface area contributed by atoms with Crippen molar-refractivity contribution in [2.24, 2.45) is 5.73 Å². The first-order chi connectivity index (χ1) is 9.18. The number of para-hydroxylation sites is 1. The maximum atomic E-state index is 12.6. The first-order valence-corrected chi connectivity index (χ1v) is 7.00. The van der Waals surface area contributed by atoms with Gasteiger partial charge in [0.15, 0.2) is 0 Å². The minimum absolute atomic E-state index is 0.00556. The maximum absolute atomic E-state index is 12.6. The van der Waals surface area contributed by atoms with E-state index in [1.807, 2.05) is 54.8 Å². The van der Waals surface area contributed by atoms with E-state index in [0.29, 0.717) is 0 Å². The quantitative estimate of drug-likeness (QED) is 0.778. The number of hydrogen-bond acceptors (Lipinski definition) is 3. The zero-order valence-corrected chi connectivity index (χ0v) is 11.4. The second kappa shape index (κ2) is 4.64. The van der Waals surface area contributed by atoms with Crippen LogP contribution in [-0.4, -0.2) is 4.57 Å². The third-order valence-corrected chi connectivity index (χ3v) is 4.05. The second-order valence-electron chi connectivity index (χ2n) is 4.54. The summed E-state index contributed by atoms with van der Waals surface area (Å²) in [6, 6.07) is 13.4. The molecule has 1 aromatic carbocycles. The van der Waals surface area contributed by atoms with Gasteiger partial charge in [0.25, 0.3) is 5.56 Å². The third-order valence-electron chi connectivity index (χ3n) is 3.14. The first kappa shape index (κ1) is 12.1. The van der Waals surface area contributed by atoms with E-state index < -0.39 is 0 Å². The van der Waals surface area contributed by atoms with Gasteiger partial charge in [-0.3, -0.25) is 9.36 Å². The molecule has 2 heterocycles. The van der Waals surface area contributed by atoms with E-state index in [9.17, 15) is 4.79 Å². The Bertz CT molecular complexity index is 772. The molecule has 4 heteroatoms. The van der Waals surface area contributed by atoms with Gasteiger partial charge in [-0.25, -0.2) is 0 Å². The molecule has 0 spiro atoms. The van der Waals surface area contributed by atoms with Crippen molar-refractivity contribution in [3.8, 4) is 5.69 Å². The highest BCUT2D eigenvalue weighted by Gasteiger charge is 2.14. The Balaban J connectivity index is 2.41. The van der Waals surface area contributed by atoms with E-state index >= 15 is 0 Å². The number of thiophene rings is 1. The summed E-state index contributed by atoms with van der Waals surface area (Å²) in [4.78, 5) is 12.6. The first-order valence-electron chi connectivity index (χ1n) is 6.12. The van der Waals surface area contributed by atoms with Crippen LogP contribution in [0.4, 0.5) is 0 Å². The standard InChI is InChI=1S/C15H14N2OS/c1-10(16)13-9-11-7-8-19-14(11)15(18)17(13)12-5-3-2-4-6-12/h2-10H,16H2,1H3/t10-/m0/s1.